The molecule has 29 heavy (non-hydrogen) atoms. The zero-order chi connectivity index (χ0) is 20.9. The highest BCUT2D eigenvalue weighted by Gasteiger charge is 2.50. The van der Waals surface area contributed by atoms with Gasteiger partial charge in [-0.2, -0.15) is 0 Å². The minimum Gasteiger partial charge on any atom is -0.271 e. The van der Waals surface area contributed by atoms with Crippen molar-refractivity contribution in [2.45, 2.75) is 11.4 Å². The van der Waals surface area contributed by atoms with Gasteiger partial charge in [0, 0.05) is 21.2 Å². The van der Waals surface area contributed by atoms with E-state index in [1.807, 2.05) is 0 Å². The number of thiophene rings is 1. The van der Waals surface area contributed by atoms with Gasteiger partial charge < -0.3 is 0 Å². The molecule has 148 valence electrons. The Balaban J connectivity index is 1.65. The predicted octanol–water partition coefficient (Wildman–Crippen LogP) is 4.95. The minimum absolute atomic E-state index is 0.190. The summed E-state index contributed by atoms with van der Waals surface area (Å²) in [6.45, 7) is 0. The van der Waals surface area contributed by atoms with Crippen molar-refractivity contribution < 1.29 is 14.5 Å². The molecule has 1 fully saturated rings. The third-order valence-electron chi connectivity index (χ3n) is 4.50. The number of nitrogens with one attached hydrogen (secondary N) is 1. The summed E-state index contributed by atoms with van der Waals surface area (Å²) in [7, 11) is 0. The number of amides is 2. The van der Waals surface area contributed by atoms with Gasteiger partial charge in [-0.05, 0) is 24.3 Å². The lowest BCUT2D eigenvalue weighted by atomic mass is 9.94. The smallest absolute Gasteiger partial charge is 0.271 e. The molecule has 2 unspecified atom stereocenters. The fourth-order valence-electron chi connectivity index (χ4n) is 3.13. The summed E-state index contributed by atoms with van der Waals surface area (Å²) in [4.78, 5) is 36.0. The summed E-state index contributed by atoms with van der Waals surface area (Å²) in [5.41, 5.74) is 2.51. The Morgan fingerprint density at radius 3 is 2.66 bits per heavy atom. The van der Waals surface area contributed by atoms with E-state index >= 15 is 0 Å². The highest BCUT2D eigenvalue weighted by Crippen LogP contribution is 2.42. The van der Waals surface area contributed by atoms with E-state index in [2.05, 4.69) is 5.43 Å². The molecule has 0 radical (unpaired) electrons. The van der Waals surface area contributed by atoms with Crippen LogP contribution in [0.2, 0.25) is 10.0 Å². The van der Waals surface area contributed by atoms with E-state index in [1.165, 1.54) is 18.2 Å². The number of hydrazine groups is 1. The van der Waals surface area contributed by atoms with Gasteiger partial charge in [0.15, 0.2) is 0 Å². The van der Waals surface area contributed by atoms with Crippen molar-refractivity contribution in [1.29, 1.82) is 0 Å². The fraction of sp³-hybridized carbons (Fsp3) is 0.111. The van der Waals surface area contributed by atoms with Crippen LogP contribution in [0.4, 0.5) is 5.69 Å². The number of hydrogen-bond acceptors (Lipinski definition) is 5. The summed E-state index contributed by atoms with van der Waals surface area (Å²) >= 11 is 19.6. The van der Waals surface area contributed by atoms with Crippen molar-refractivity contribution in [3.05, 3.63) is 73.1 Å². The van der Waals surface area contributed by atoms with E-state index in [0.717, 1.165) is 21.0 Å². The summed E-state index contributed by atoms with van der Waals surface area (Å²) in [6.07, 6.45) is 0. The molecule has 0 bridgehead atoms. The van der Waals surface area contributed by atoms with Gasteiger partial charge >= 0.3 is 0 Å². The predicted molar refractivity (Wildman–Crippen MR) is 112 cm³/mol. The van der Waals surface area contributed by atoms with Crippen LogP contribution in [0.25, 0.3) is 10.1 Å². The number of carbonyl (C=O) groups is 2. The van der Waals surface area contributed by atoms with Crippen molar-refractivity contribution in [3.63, 3.8) is 0 Å². The van der Waals surface area contributed by atoms with Crippen molar-refractivity contribution in [3.8, 4) is 0 Å². The van der Waals surface area contributed by atoms with Crippen LogP contribution in [0, 0.1) is 10.1 Å². The van der Waals surface area contributed by atoms with Crippen molar-refractivity contribution in [2.24, 2.45) is 0 Å². The van der Waals surface area contributed by atoms with Crippen LogP contribution < -0.4 is 5.43 Å². The second-order valence-corrected chi connectivity index (χ2v) is 8.53. The third kappa shape index (κ3) is 3.32. The second kappa shape index (κ2) is 7.46. The maximum atomic E-state index is 12.8. The number of nitrogens with zero attached hydrogens (tertiary/aromatic N) is 2. The van der Waals surface area contributed by atoms with E-state index in [1.54, 1.807) is 24.3 Å². The highest BCUT2D eigenvalue weighted by molar-refractivity contribution is 7.21. The Morgan fingerprint density at radius 2 is 1.93 bits per heavy atom. The molecule has 1 N–H and O–H groups in total. The number of halogens is 3. The zero-order valence-electron chi connectivity index (χ0n) is 14.3. The lowest BCUT2D eigenvalue weighted by Gasteiger charge is -2.43. The van der Waals surface area contributed by atoms with Crippen molar-refractivity contribution in [1.82, 2.24) is 10.4 Å². The number of hydrogen-bond donors (Lipinski definition) is 1. The largest absolute Gasteiger partial charge is 0.281 e. The maximum absolute atomic E-state index is 12.8. The number of para-hydroxylation sites is 1. The Labute approximate surface area is 182 Å². The molecule has 2 heterocycles. The van der Waals surface area contributed by atoms with Crippen LogP contribution >= 0.6 is 46.1 Å². The molecular formula is C18H10Cl3N3O4S. The first-order valence-corrected chi connectivity index (χ1v) is 10.2. The van der Waals surface area contributed by atoms with Crippen LogP contribution in [0.1, 0.15) is 21.3 Å². The number of nitro benzene ring substituents is 1. The second-order valence-electron chi connectivity index (χ2n) is 6.20. The van der Waals surface area contributed by atoms with Crippen molar-refractivity contribution >= 4 is 73.7 Å². The molecule has 1 aliphatic heterocycles. The van der Waals surface area contributed by atoms with Crippen LogP contribution in [0.5, 0.6) is 0 Å². The molecule has 0 spiro atoms. The van der Waals surface area contributed by atoms with Gasteiger partial charge in [-0.3, -0.25) is 25.1 Å². The van der Waals surface area contributed by atoms with Gasteiger partial charge in [-0.15, -0.1) is 22.9 Å². The lowest BCUT2D eigenvalue weighted by molar-refractivity contribution is -0.386. The van der Waals surface area contributed by atoms with Crippen LogP contribution in [-0.2, 0) is 4.79 Å². The molecule has 2 atom stereocenters. The van der Waals surface area contributed by atoms with E-state index in [4.69, 9.17) is 34.8 Å². The van der Waals surface area contributed by atoms with Crippen LogP contribution in [-0.4, -0.2) is 27.1 Å². The molecule has 0 aliphatic carbocycles. The molecule has 2 amide bonds. The quantitative estimate of drug-likeness (QED) is 0.253. The first kappa shape index (κ1) is 19.9. The van der Waals surface area contributed by atoms with Crippen LogP contribution in [0.15, 0.2) is 42.5 Å². The summed E-state index contributed by atoms with van der Waals surface area (Å²) in [6, 6.07) is 10.1. The molecule has 2 aromatic carbocycles. The van der Waals surface area contributed by atoms with Gasteiger partial charge in [0.25, 0.3) is 17.5 Å². The molecule has 1 aliphatic rings. The van der Waals surface area contributed by atoms with E-state index in [-0.39, 0.29) is 21.2 Å². The number of fused-ring (bicyclic) bond motifs is 1. The van der Waals surface area contributed by atoms with E-state index in [9.17, 15) is 19.7 Å². The number of alkyl halides is 1. The average Bonchev–Trinajstić information content (AvgIpc) is 3.03. The molecule has 4 rings (SSSR count). The molecule has 1 saturated heterocycles. The first-order chi connectivity index (χ1) is 13.8. The van der Waals surface area contributed by atoms with Gasteiger partial charge in [0.1, 0.15) is 16.3 Å². The van der Waals surface area contributed by atoms with E-state index < -0.39 is 28.2 Å². The Kier molecular flexibility index (Phi) is 5.12. The Hall–Kier alpha value is -2.39. The van der Waals surface area contributed by atoms with Crippen molar-refractivity contribution in [2.75, 3.05) is 0 Å². The minimum atomic E-state index is -1.03. The van der Waals surface area contributed by atoms with E-state index in [0.29, 0.717) is 10.4 Å². The fourth-order valence-corrected chi connectivity index (χ4v) is 5.03. The number of benzene rings is 2. The van der Waals surface area contributed by atoms with Gasteiger partial charge in [-0.1, -0.05) is 35.3 Å². The zero-order valence-corrected chi connectivity index (χ0v) is 17.3. The lowest BCUT2D eigenvalue weighted by Crippen LogP contribution is -2.63. The monoisotopic (exact) mass is 469 g/mol. The maximum Gasteiger partial charge on any atom is 0.281 e. The van der Waals surface area contributed by atoms with Crippen LogP contribution in [0.3, 0.4) is 0 Å². The number of carbonyl (C=O) groups excluding carboxylic acids is 2. The third-order valence-corrected chi connectivity index (χ3v) is 6.83. The summed E-state index contributed by atoms with van der Waals surface area (Å²) in [5.74, 6) is -1.18. The Morgan fingerprint density at radius 1 is 1.21 bits per heavy atom. The van der Waals surface area contributed by atoms with Gasteiger partial charge in [-0.25, -0.2) is 5.01 Å². The normalized spacial score (nSPS) is 18.6. The Bertz CT molecular complexity index is 1180. The topological polar surface area (TPSA) is 92.6 Å². The number of rotatable bonds is 4. The van der Waals surface area contributed by atoms with Gasteiger partial charge in [0.2, 0.25) is 0 Å². The SMILES string of the molecule is O=C(NN1C(=O)C(Cl)C1c1ccccc1[N+](=O)[O-])c1sc2ccc(Cl)cc2c1Cl. The number of nitro groups is 1. The number of β-lactam (4-membered cyclic amide) rings is 1. The first-order valence-electron chi connectivity index (χ1n) is 8.18. The molecule has 1 aromatic heterocycles. The molecule has 7 nitrogen and oxygen atoms in total. The highest BCUT2D eigenvalue weighted by atomic mass is 35.5. The average molecular weight is 471 g/mol. The molecular weight excluding hydrogens is 461 g/mol. The standard InChI is InChI=1S/C18H10Cl3N3O4S/c19-8-5-6-12-10(7-8)13(20)16(29-12)17(25)22-23-15(14(21)18(23)26)9-3-1-2-4-11(9)24(27)28/h1-7,14-15H,(H,22,25). The van der Waals surface area contributed by atoms with Gasteiger partial charge in [0.05, 0.1) is 15.5 Å². The molecule has 3 aromatic rings. The molecule has 11 heteroatoms. The summed E-state index contributed by atoms with van der Waals surface area (Å²) < 4.78 is 0.755. The summed E-state index contributed by atoms with van der Waals surface area (Å²) in [5, 5.41) is 12.6. The molecule has 0 saturated carbocycles.